The summed E-state index contributed by atoms with van der Waals surface area (Å²) in [6, 6.07) is 8.15. The molecule has 5 rings (SSSR count). The normalized spacial score (nSPS) is 21.3. The van der Waals surface area contributed by atoms with Crippen molar-refractivity contribution < 1.29 is 12.8 Å². The molecule has 2 fully saturated rings. The van der Waals surface area contributed by atoms with Crippen LogP contribution in [0.25, 0.3) is 10.8 Å². The molecule has 204 valence electrons. The van der Waals surface area contributed by atoms with Crippen LogP contribution in [0.4, 0.5) is 27.7 Å². The summed E-state index contributed by atoms with van der Waals surface area (Å²) < 4.78 is 38.4. The zero-order chi connectivity index (χ0) is 27.0. The molecule has 2 aliphatic heterocycles. The third-order valence-corrected chi connectivity index (χ3v) is 10.7. The quantitative estimate of drug-likeness (QED) is 0.285. The number of fused-ring (bicyclic) bond motifs is 1. The van der Waals surface area contributed by atoms with Gasteiger partial charge in [0.15, 0.2) is 0 Å². The van der Waals surface area contributed by atoms with Gasteiger partial charge >= 0.3 is 0 Å². The van der Waals surface area contributed by atoms with Crippen molar-refractivity contribution in [3.05, 3.63) is 42.2 Å². The first-order chi connectivity index (χ1) is 18.1. The Morgan fingerprint density at radius 1 is 1.03 bits per heavy atom. The van der Waals surface area contributed by atoms with Crippen LogP contribution in [-0.2, 0) is 9.84 Å². The Balaban J connectivity index is 1.41. The number of anilines is 4. The Morgan fingerprint density at radius 3 is 2.45 bits per heavy atom. The van der Waals surface area contributed by atoms with Crippen LogP contribution in [0.2, 0.25) is 0 Å². The minimum atomic E-state index is -3.02. The molecule has 0 bridgehead atoms. The first kappa shape index (κ1) is 27.3. The number of nitrogens with zero attached hydrogens (tertiary/aromatic N) is 5. The molecule has 1 N–H and O–H groups in total. The number of aromatic nitrogens is 3. The molecule has 3 aromatic rings. The molecule has 0 radical (unpaired) electrons. The summed E-state index contributed by atoms with van der Waals surface area (Å²) in [4.78, 5) is 17.9. The minimum Gasteiger partial charge on any atom is -0.371 e. The molecule has 1 unspecified atom stereocenters. The van der Waals surface area contributed by atoms with E-state index < -0.39 is 16.0 Å². The molecule has 0 saturated carbocycles. The molecular weight excluding hydrogens is 618 g/mol. The summed E-state index contributed by atoms with van der Waals surface area (Å²) in [7, 11) is -3.02. The van der Waals surface area contributed by atoms with Crippen LogP contribution in [0.1, 0.15) is 44.6 Å². The predicted molar refractivity (Wildman–Crippen MR) is 161 cm³/mol. The Kier molecular flexibility index (Phi) is 7.95. The van der Waals surface area contributed by atoms with Gasteiger partial charge in [-0.2, -0.15) is 4.98 Å². The van der Waals surface area contributed by atoms with Gasteiger partial charge in [-0.25, -0.2) is 22.8 Å². The summed E-state index contributed by atoms with van der Waals surface area (Å²) in [5, 5.41) is 5.21. The fourth-order valence-electron chi connectivity index (χ4n) is 5.38. The lowest BCUT2D eigenvalue weighted by atomic mass is 9.95. The summed E-state index contributed by atoms with van der Waals surface area (Å²) in [5.41, 5.74) is 2.30. The molecule has 0 aliphatic carbocycles. The van der Waals surface area contributed by atoms with Crippen molar-refractivity contribution in [2.24, 2.45) is 0 Å². The van der Waals surface area contributed by atoms with Crippen LogP contribution in [0, 0.1) is 0 Å². The maximum atomic E-state index is 14.3. The molecule has 4 heterocycles. The van der Waals surface area contributed by atoms with Gasteiger partial charge < -0.3 is 15.1 Å². The van der Waals surface area contributed by atoms with Crippen LogP contribution >= 0.6 is 22.6 Å². The number of nitrogens with one attached hydrogen (secondary N) is 1. The third kappa shape index (κ3) is 5.83. The highest BCUT2D eigenvalue weighted by Gasteiger charge is 2.29. The summed E-state index contributed by atoms with van der Waals surface area (Å²) >= 11 is 2.18. The second-order valence-corrected chi connectivity index (χ2v) is 14.5. The van der Waals surface area contributed by atoms with Gasteiger partial charge in [0.25, 0.3) is 0 Å². The zero-order valence-electron chi connectivity index (χ0n) is 21.9. The average molecular weight is 653 g/mol. The maximum Gasteiger partial charge on any atom is 0.227 e. The van der Waals surface area contributed by atoms with Crippen molar-refractivity contribution in [3.8, 4) is 0 Å². The largest absolute Gasteiger partial charge is 0.371 e. The van der Waals surface area contributed by atoms with Gasteiger partial charge in [0.1, 0.15) is 27.6 Å². The highest BCUT2D eigenvalue weighted by Crippen LogP contribution is 2.36. The van der Waals surface area contributed by atoms with E-state index in [9.17, 15) is 12.8 Å². The molecular formula is C27H34FIN6O2S. The second-order valence-electron chi connectivity index (χ2n) is 10.6. The van der Waals surface area contributed by atoms with Crippen molar-refractivity contribution in [1.82, 2.24) is 15.0 Å². The Morgan fingerprint density at radius 2 is 1.76 bits per heavy atom. The first-order valence-corrected chi connectivity index (χ1v) is 16.3. The number of alkyl halides is 2. The summed E-state index contributed by atoms with van der Waals surface area (Å²) in [5.74, 6) is 2.12. The highest BCUT2D eigenvalue weighted by atomic mass is 127. The maximum absolute atomic E-state index is 14.3. The van der Waals surface area contributed by atoms with Gasteiger partial charge in [-0.15, -0.1) is 0 Å². The standard InChI is InChI=1S/C27H34FIN6O2S/c1-17(2)19-4-5-24(34-11-7-18(8-12-34)38(3,36)37)21-15-31-26(14-20(19)21)32-25-6-10-30-27(33-25)35-13-9-23(29)22(28)16-35/h4-6,10,14-15,17-18,22-23H,7-9,11-13,16H2,1-3H3,(H,30,31,32,33)/t22-,23?/m1/s1. The van der Waals surface area contributed by atoms with E-state index in [2.05, 4.69) is 74.8 Å². The van der Waals surface area contributed by atoms with Gasteiger partial charge in [0, 0.05) is 53.3 Å². The van der Waals surface area contributed by atoms with E-state index in [4.69, 9.17) is 4.98 Å². The molecule has 0 amide bonds. The lowest BCUT2D eigenvalue weighted by Gasteiger charge is -2.34. The molecule has 1 aromatic carbocycles. The van der Waals surface area contributed by atoms with E-state index in [0.717, 1.165) is 29.4 Å². The summed E-state index contributed by atoms with van der Waals surface area (Å²) in [6.07, 6.45) is 6.05. The molecule has 2 atom stereocenters. The van der Waals surface area contributed by atoms with Gasteiger partial charge in [-0.1, -0.05) is 42.5 Å². The number of halogens is 2. The minimum absolute atomic E-state index is 0.0260. The smallest absolute Gasteiger partial charge is 0.227 e. The fraction of sp³-hybridized carbons (Fsp3) is 0.519. The number of benzene rings is 1. The summed E-state index contributed by atoms with van der Waals surface area (Å²) in [6.45, 7) is 6.78. The van der Waals surface area contributed by atoms with Gasteiger partial charge in [0.05, 0.1) is 11.8 Å². The van der Waals surface area contributed by atoms with Crippen LogP contribution in [-0.4, -0.2) is 71.2 Å². The number of piperidine rings is 2. The van der Waals surface area contributed by atoms with E-state index in [1.54, 1.807) is 12.3 Å². The average Bonchev–Trinajstić information content (AvgIpc) is 2.89. The lowest BCUT2D eigenvalue weighted by molar-refractivity contribution is 0.301. The molecule has 8 nitrogen and oxygen atoms in total. The number of hydrogen-bond acceptors (Lipinski definition) is 8. The van der Waals surface area contributed by atoms with E-state index >= 15 is 0 Å². The molecule has 2 saturated heterocycles. The predicted octanol–water partition coefficient (Wildman–Crippen LogP) is 5.26. The van der Waals surface area contributed by atoms with Gasteiger partial charge in [0.2, 0.25) is 5.95 Å². The number of pyridine rings is 1. The van der Waals surface area contributed by atoms with E-state index in [1.165, 1.54) is 11.8 Å². The zero-order valence-corrected chi connectivity index (χ0v) is 24.9. The second kappa shape index (κ2) is 11.1. The molecule has 2 aliphatic rings. The molecule has 11 heteroatoms. The van der Waals surface area contributed by atoms with Crippen molar-refractivity contribution >= 4 is 66.5 Å². The molecule has 2 aromatic heterocycles. The Labute approximate surface area is 237 Å². The van der Waals surface area contributed by atoms with Gasteiger partial charge in [-0.3, -0.25) is 0 Å². The van der Waals surface area contributed by atoms with E-state index in [-0.39, 0.29) is 9.17 Å². The fourth-order valence-corrected chi connectivity index (χ4v) is 6.95. The van der Waals surface area contributed by atoms with Crippen LogP contribution in [0.5, 0.6) is 0 Å². The van der Waals surface area contributed by atoms with Crippen molar-refractivity contribution in [1.29, 1.82) is 0 Å². The van der Waals surface area contributed by atoms with Crippen molar-refractivity contribution in [2.75, 3.05) is 47.6 Å². The number of hydrogen-bond donors (Lipinski definition) is 1. The van der Waals surface area contributed by atoms with Crippen LogP contribution in [0.15, 0.2) is 36.7 Å². The third-order valence-electron chi connectivity index (χ3n) is 7.57. The van der Waals surface area contributed by atoms with Crippen LogP contribution in [0.3, 0.4) is 0 Å². The monoisotopic (exact) mass is 652 g/mol. The lowest BCUT2D eigenvalue weighted by Crippen LogP contribution is -2.43. The van der Waals surface area contributed by atoms with Crippen molar-refractivity contribution in [2.45, 2.75) is 54.4 Å². The number of rotatable bonds is 6. The van der Waals surface area contributed by atoms with E-state index in [0.29, 0.717) is 56.0 Å². The van der Waals surface area contributed by atoms with E-state index in [1.807, 2.05) is 11.1 Å². The van der Waals surface area contributed by atoms with Crippen molar-refractivity contribution in [3.63, 3.8) is 0 Å². The number of sulfone groups is 1. The molecule has 0 spiro atoms. The Bertz CT molecular complexity index is 1410. The Hall–Kier alpha value is -2.28. The molecule has 38 heavy (non-hydrogen) atoms. The first-order valence-electron chi connectivity index (χ1n) is 13.1. The van der Waals surface area contributed by atoms with Gasteiger partial charge in [-0.05, 0) is 54.3 Å². The highest BCUT2D eigenvalue weighted by molar-refractivity contribution is 14.1. The SMILES string of the molecule is CC(C)c1ccc(N2CCC(S(C)(=O)=O)CC2)c2cnc(Nc3ccnc(N4CCC(I)[C@H](F)C4)n3)cc12. The van der Waals surface area contributed by atoms with Crippen LogP contribution < -0.4 is 15.1 Å². The topological polar surface area (TPSA) is 91.3 Å².